The van der Waals surface area contributed by atoms with E-state index in [1.807, 2.05) is 0 Å². The number of benzene rings is 1. The highest BCUT2D eigenvalue weighted by Crippen LogP contribution is 2.33. The van der Waals surface area contributed by atoms with Crippen LogP contribution >= 0.6 is 23.2 Å². The molecule has 1 aromatic heterocycles. The van der Waals surface area contributed by atoms with E-state index in [2.05, 4.69) is 10.6 Å². The number of hydrogen-bond acceptors (Lipinski definition) is 7. The van der Waals surface area contributed by atoms with Crippen LogP contribution in [0.4, 0.5) is 5.69 Å². The van der Waals surface area contributed by atoms with Gasteiger partial charge in [-0.2, -0.15) is 0 Å². The van der Waals surface area contributed by atoms with Gasteiger partial charge in [-0.3, -0.25) is 14.4 Å². The first-order valence-electron chi connectivity index (χ1n) is 11.7. The van der Waals surface area contributed by atoms with Crippen LogP contribution in [0.25, 0.3) is 6.08 Å². The zero-order valence-corrected chi connectivity index (χ0v) is 22.1. The Morgan fingerprint density at radius 3 is 2.55 bits per heavy atom. The maximum atomic E-state index is 13.2. The third kappa shape index (κ3) is 6.27. The van der Waals surface area contributed by atoms with Crippen molar-refractivity contribution in [2.75, 3.05) is 25.6 Å². The van der Waals surface area contributed by atoms with Crippen LogP contribution in [0.5, 0.6) is 0 Å². The molecule has 200 valence electrons. The summed E-state index contributed by atoms with van der Waals surface area (Å²) in [6, 6.07) is 7.57. The molecule has 0 saturated carbocycles. The van der Waals surface area contributed by atoms with Crippen LogP contribution in [-0.2, 0) is 35.2 Å². The van der Waals surface area contributed by atoms with Gasteiger partial charge in [0.1, 0.15) is 11.5 Å². The summed E-state index contributed by atoms with van der Waals surface area (Å²) >= 11 is 11.8. The fourth-order valence-electron chi connectivity index (χ4n) is 4.21. The summed E-state index contributed by atoms with van der Waals surface area (Å²) in [5.74, 6) is -2.21. The standard InChI is InChI=1S/C26H25Cl2N3O7/c1-14-22(26(35)36-2)21(25(34)31(14)13-20-4-3-7-37-20)11-18-5-6-19(38-18)12-29-23(32)24(33)30-17-9-15(27)8-16(28)10-17/h5-6,8-11,20H,3-4,7,12-13H2,1-2H3,(H,29,32)(H,30,33)/b21-11-/t20-/m1/s1. The molecule has 0 unspecified atom stereocenters. The van der Waals surface area contributed by atoms with Gasteiger partial charge in [-0.1, -0.05) is 23.2 Å². The number of anilines is 1. The predicted molar refractivity (Wildman–Crippen MR) is 139 cm³/mol. The predicted octanol–water partition coefficient (Wildman–Crippen LogP) is 3.69. The fraction of sp³-hybridized carbons (Fsp3) is 0.308. The number of carbonyl (C=O) groups excluding carboxylic acids is 4. The number of rotatable bonds is 7. The molecule has 38 heavy (non-hydrogen) atoms. The van der Waals surface area contributed by atoms with Crippen LogP contribution in [0.1, 0.15) is 31.3 Å². The Balaban J connectivity index is 1.43. The maximum absolute atomic E-state index is 13.2. The molecule has 1 saturated heterocycles. The molecule has 4 rings (SSSR count). The minimum absolute atomic E-state index is 0.0937. The normalized spacial score (nSPS) is 18.3. The molecular weight excluding hydrogens is 537 g/mol. The quantitative estimate of drug-likeness (QED) is 0.299. The minimum Gasteiger partial charge on any atom is -0.465 e. The Morgan fingerprint density at radius 1 is 1.16 bits per heavy atom. The van der Waals surface area contributed by atoms with Crippen LogP contribution in [0, 0.1) is 0 Å². The minimum atomic E-state index is -0.913. The Labute approximate surface area is 228 Å². The second-order valence-electron chi connectivity index (χ2n) is 8.66. The van der Waals surface area contributed by atoms with Gasteiger partial charge < -0.3 is 29.4 Å². The molecular formula is C26H25Cl2N3O7. The Hall–Kier alpha value is -3.60. The number of carbonyl (C=O) groups is 4. The molecule has 0 aliphatic carbocycles. The molecule has 1 fully saturated rings. The fourth-order valence-corrected chi connectivity index (χ4v) is 4.74. The van der Waals surface area contributed by atoms with Gasteiger partial charge in [-0.25, -0.2) is 4.79 Å². The van der Waals surface area contributed by atoms with Crippen molar-refractivity contribution in [1.82, 2.24) is 10.2 Å². The number of amides is 3. The van der Waals surface area contributed by atoms with Gasteiger partial charge in [-0.05, 0) is 56.2 Å². The monoisotopic (exact) mass is 561 g/mol. The van der Waals surface area contributed by atoms with Gasteiger partial charge in [0.05, 0.1) is 37.4 Å². The van der Waals surface area contributed by atoms with Gasteiger partial charge in [0.2, 0.25) is 0 Å². The average molecular weight is 562 g/mol. The van der Waals surface area contributed by atoms with Crippen molar-refractivity contribution in [3.05, 3.63) is 68.7 Å². The highest BCUT2D eigenvalue weighted by molar-refractivity contribution is 6.40. The van der Waals surface area contributed by atoms with Gasteiger partial charge in [0.15, 0.2) is 0 Å². The second-order valence-corrected chi connectivity index (χ2v) is 9.53. The molecule has 2 aliphatic heterocycles. The molecule has 10 nitrogen and oxygen atoms in total. The third-order valence-corrected chi connectivity index (χ3v) is 6.47. The number of furan rings is 1. The summed E-state index contributed by atoms with van der Waals surface area (Å²) < 4.78 is 16.3. The molecule has 3 amide bonds. The largest absolute Gasteiger partial charge is 0.465 e. The molecule has 2 aromatic rings. The lowest BCUT2D eigenvalue weighted by Gasteiger charge is -2.21. The molecule has 1 atom stereocenters. The van der Waals surface area contributed by atoms with E-state index in [4.69, 9.17) is 37.1 Å². The van der Waals surface area contributed by atoms with Crippen LogP contribution in [0.3, 0.4) is 0 Å². The SMILES string of the molecule is COC(=O)C1=C(C)N(C[C@H]2CCCO2)C(=O)/C1=C\c1ccc(CNC(=O)C(=O)Nc2cc(Cl)cc(Cl)c2)o1. The lowest BCUT2D eigenvalue weighted by atomic mass is 10.1. The lowest BCUT2D eigenvalue weighted by Crippen LogP contribution is -2.34. The van der Waals surface area contributed by atoms with E-state index in [-0.39, 0.29) is 41.1 Å². The number of hydrogen-bond donors (Lipinski definition) is 2. The van der Waals surface area contributed by atoms with Crippen molar-refractivity contribution in [2.24, 2.45) is 0 Å². The van der Waals surface area contributed by atoms with Crippen LogP contribution in [0.15, 0.2) is 51.6 Å². The molecule has 2 N–H and O–H groups in total. The number of nitrogens with one attached hydrogen (secondary N) is 2. The number of esters is 1. The zero-order chi connectivity index (χ0) is 27.4. The Bertz CT molecular complexity index is 1320. The number of halogens is 2. The number of nitrogens with zero attached hydrogens (tertiary/aromatic N) is 1. The van der Waals surface area contributed by atoms with Gasteiger partial charge in [0.25, 0.3) is 5.91 Å². The summed E-state index contributed by atoms with van der Waals surface area (Å²) in [7, 11) is 1.25. The third-order valence-electron chi connectivity index (χ3n) is 6.03. The van der Waals surface area contributed by atoms with Crippen molar-refractivity contribution in [3.63, 3.8) is 0 Å². The van der Waals surface area contributed by atoms with Crippen LogP contribution < -0.4 is 10.6 Å². The number of allylic oxidation sites excluding steroid dienone is 1. The molecule has 0 spiro atoms. The first-order valence-corrected chi connectivity index (χ1v) is 12.5. The topological polar surface area (TPSA) is 127 Å². The molecule has 0 bridgehead atoms. The molecule has 2 aliphatic rings. The second kappa shape index (κ2) is 11.8. The number of methoxy groups -OCH3 is 1. The van der Waals surface area contributed by atoms with E-state index >= 15 is 0 Å². The highest BCUT2D eigenvalue weighted by atomic mass is 35.5. The highest BCUT2D eigenvalue weighted by Gasteiger charge is 2.38. The molecule has 3 heterocycles. The Morgan fingerprint density at radius 2 is 1.89 bits per heavy atom. The zero-order valence-electron chi connectivity index (χ0n) is 20.6. The average Bonchev–Trinajstić information content (AvgIpc) is 3.60. The van der Waals surface area contributed by atoms with Gasteiger partial charge >= 0.3 is 17.8 Å². The Kier molecular flexibility index (Phi) is 8.55. The van der Waals surface area contributed by atoms with E-state index < -0.39 is 17.8 Å². The van der Waals surface area contributed by atoms with E-state index in [1.165, 1.54) is 36.3 Å². The summed E-state index contributed by atoms with van der Waals surface area (Å²) in [5.41, 5.74) is 1.04. The van der Waals surface area contributed by atoms with E-state index in [0.717, 1.165) is 12.8 Å². The van der Waals surface area contributed by atoms with Crippen molar-refractivity contribution < 1.29 is 33.1 Å². The first-order chi connectivity index (χ1) is 18.2. The summed E-state index contributed by atoms with van der Waals surface area (Å²) in [5, 5.41) is 5.48. The summed E-state index contributed by atoms with van der Waals surface area (Å²) in [6.07, 6.45) is 3.11. The van der Waals surface area contributed by atoms with Crippen LogP contribution in [-0.4, -0.2) is 55.0 Å². The number of ether oxygens (including phenoxy) is 2. The molecule has 12 heteroatoms. The molecule has 0 radical (unpaired) electrons. The van der Waals surface area contributed by atoms with Gasteiger partial charge in [-0.15, -0.1) is 0 Å². The lowest BCUT2D eigenvalue weighted by molar-refractivity contribution is -0.136. The summed E-state index contributed by atoms with van der Waals surface area (Å²) in [4.78, 5) is 51.7. The maximum Gasteiger partial charge on any atom is 0.340 e. The van der Waals surface area contributed by atoms with E-state index in [0.29, 0.717) is 34.7 Å². The smallest absolute Gasteiger partial charge is 0.340 e. The van der Waals surface area contributed by atoms with Crippen LogP contribution in [0.2, 0.25) is 10.0 Å². The van der Waals surface area contributed by atoms with E-state index in [1.54, 1.807) is 19.1 Å². The van der Waals surface area contributed by atoms with Gasteiger partial charge in [0, 0.05) is 28.0 Å². The van der Waals surface area contributed by atoms with Crippen molar-refractivity contribution in [1.29, 1.82) is 0 Å². The molecule has 1 aromatic carbocycles. The summed E-state index contributed by atoms with van der Waals surface area (Å²) in [6.45, 7) is 2.57. The van der Waals surface area contributed by atoms with E-state index in [9.17, 15) is 19.2 Å². The van der Waals surface area contributed by atoms with Crippen molar-refractivity contribution in [3.8, 4) is 0 Å². The van der Waals surface area contributed by atoms with Crippen molar-refractivity contribution >= 4 is 58.7 Å². The van der Waals surface area contributed by atoms with Crippen molar-refractivity contribution in [2.45, 2.75) is 32.4 Å². The first kappa shape index (κ1) is 27.4.